The monoisotopic (exact) mass is 550 g/mol. The highest BCUT2D eigenvalue weighted by Crippen LogP contribution is 2.28. The van der Waals surface area contributed by atoms with Gasteiger partial charge in [0.05, 0.1) is 6.42 Å². The number of carbonyl (C=O) groups is 2. The van der Waals surface area contributed by atoms with Gasteiger partial charge >= 0.3 is 0 Å². The van der Waals surface area contributed by atoms with E-state index in [1.807, 2.05) is 62.4 Å². The van der Waals surface area contributed by atoms with Crippen molar-refractivity contribution in [3.63, 3.8) is 0 Å². The Hall–Kier alpha value is -2.82. The van der Waals surface area contributed by atoms with E-state index >= 15 is 0 Å². The molecule has 1 N–H and O–H groups in total. The highest BCUT2D eigenvalue weighted by molar-refractivity contribution is 6.36. The van der Waals surface area contributed by atoms with Crippen LogP contribution in [0.15, 0.2) is 66.7 Å². The summed E-state index contributed by atoms with van der Waals surface area (Å²) in [5.41, 5.74) is 4.73. The molecule has 4 nitrogen and oxygen atoms in total. The van der Waals surface area contributed by atoms with Crippen LogP contribution in [0.2, 0.25) is 10.0 Å². The Balaban J connectivity index is 1.71. The van der Waals surface area contributed by atoms with E-state index in [0.29, 0.717) is 22.0 Å². The molecule has 6 heteroatoms. The van der Waals surface area contributed by atoms with E-state index in [1.54, 1.807) is 23.1 Å². The van der Waals surface area contributed by atoms with Crippen molar-refractivity contribution >= 4 is 35.0 Å². The molecule has 1 atom stereocenters. The quantitative estimate of drug-likeness (QED) is 0.305. The van der Waals surface area contributed by atoms with Crippen molar-refractivity contribution in [3.05, 3.63) is 105 Å². The van der Waals surface area contributed by atoms with E-state index in [0.717, 1.165) is 47.9 Å². The first-order valence-electron chi connectivity index (χ1n) is 13.4. The van der Waals surface area contributed by atoms with E-state index in [-0.39, 0.29) is 30.8 Å². The van der Waals surface area contributed by atoms with Crippen molar-refractivity contribution in [1.29, 1.82) is 0 Å². The Morgan fingerprint density at radius 3 is 2.29 bits per heavy atom. The first-order chi connectivity index (χ1) is 18.3. The molecule has 0 saturated heterocycles. The number of benzene rings is 3. The van der Waals surface area contributed by atoms with Crippen LogP contribution < -0.4 is 5.32 Å². The molecule has 0 aromatic heterocycles. The summed E-state index contributed by atoms with van der Waals surface area (Å²) in [6.45, 7) is 4.18. The predicted octanol–water partition coefficient (Wildman–Crippen LogP) is 7.24. The summed E-state index contributed by atoms with van der Waals surface area (Å²) in [5.74, 6) is -0.257. The topological polar surface area (TPSA) is 49.4 Å². The standard InChI is InChI=1S/C32H36Cl2N2O2/c1-22-16-17-23(2)25(18-22)20-31(37)36(21-27-28(33)14-9-15-29(27)34)30(19-24-10-5-3-6-11-24)32(38)35-26-12-7-4-8-13-26/h3,5-6,9-11,14-18,26,30H,4,7-8,12-13,19-21H2,1-2H3,(H,35,38). The molecule has 0 spiro atoms. The van der Waals surface area contributed by atoms with E-state index < -0.39 is 6.04 Å². The van der Waals surface area contributed by atoms with Crippen molar-refractivity contribution in [2.24, 2.45) is 0 Å². The number of carbonyl (C=O) groups excluding carboxylic acids is 2. The average molecular weight is 552 g/mol. The van der Waals surface area contributed by atoms with E-state index in [2.05, 4.69) is 5.32 Å². The van der Waals surface area contributed by atoms with Crippen molar-refractivity contribution < 1.29 is 9.59 Å². The third kappa shape index (κ3) is 7.39. The summed E-state index contributed by atoms with van der Waals surface area (Å²) in [7, 11) is 0. The summed E-state index contributed by atoms with van der Waals surface area (Å²) < 4.78 is 0. The number of hydrogen-bond donors (Lipinski definition) is 1. The van der Waals surface area contributed by atoms with Gasteiger partial charge in [0.25, 0.3) is 0 Å². The molecule has 1 unspecified atom stereocenters. The molecule has 38 heavy (non-hydrogen) atoms. The fraction of sp³-hybridized carbons (Fsp3) is 0.375. The maximum absolute atomic E-state index is 14.1. The van der Waals surface area contributed by atoms with Crippen molar-refractivity contribution in [3.8, 4) is 0 Å². The smallest absolute Gasteiger partial charge is 0.243 e. The molecule has 0 radical (unpaired) electrons. The molecule has 1 saturated carbocycles. The fourth-order valence-electron chi connectivity index (χ4n) is 5.21. The molecule has 200 valence electrons. The third-order valence-electron chi connectivity index (χ3n) is 7.46. The van der Waals surface area contributed by atoms with Crippen molar-refractivity contribution in [2.75, 3.05) is 0 Å². The number of hydrogen-bond acceptors (Lipinski definition) is 2. The molecule has 1 aliphatic carbocycles. The Kier molecular flexibility index (Phi) is 9.87. The summed E-state index contributed by atoms with van der Waals surface area (Å²) >= 11 is 13.1. The van der Waals surface area contributed by atoms with Gasteiger partial charge in [-0.15, -0.1) is 0 Å². The lowest BCUT2D eigenvalue weighted by Crippen LogP contribution is -2.53. The van der Waals surface area contributed by atoms with Gasteiger partial charge in [-0.05, 0) is 55.5 Å². The Bertz CT molecular complexity index is 1240. The molecule has 1 fully saturated rings. The van der Waals surface area contributed by atoms with Crippen LogP contribution in [0.5, 0.6) is 0 Å². The molecule has 0 bridgehead atoms. The lowest BCUT2D eigenvalue weighted by Gasteiger charge is -2.34. The second-order valence-corrected chi connectivity index (χ2v) is 11.2. The van der Waals surface area contributed by atoms with Crippen molar-refractivity contribution in [1.82, 2.24) is 10.2 Å². The maximum Gasteiger partial charge on any atom is 0.243 e. The number of nitrogens with zero attached hydrogens (tertiary/aromatic N) is 1. The summed E-state index contributed by atoms with van der Waals surface area (Å²) in [4.78, 5) is 29.7. The number of aryl methyl sites for hydroxylation is 2. The minimum Gasteiger partial charge on any atom is -0.352 e. The van der Waals surface area contributed by atoms with Gasteiger partial charge in [0, 0.05) is 34.6 Å². The maximum atomic E-state index is 14.1. The van der Waals surface area contributed by atoms with Gasteiger partial charge in [-0.2, -0.15) is 0 Å². The molecular formula is C32H36Cl2N2O2. The highest BCUT2D eigenvalue weighted by Gasteiger charge is 2.33. The van der Waals surface area contributed by atoms with Crippen molar-refractivity contribution in [2.45, 2.75) is 77.4 Å². The average Bonchev–Trinajstić information content (AvgIpc) is 2.91. The van der Waals surface area contributed by atoms with Crippen LogP contribution in [0.4, 0.5) is 0 Å². The van der Waals surface area contributed by atoms with Gasteiger partial charge in [-0.1, -0.05) is 103 Å². The number of nitrogens with one attached hydrogen (secondary N) is 1. The van der Waals surface area contributed by atoms with Crippen LogP contribution in [-0.4, -0.2) is 28.8 Å². The SMILES string of the molecule is Cc1ccc(C)c(CC(=O)N(Cc2c(Cl)cccc2Cl)C(Cc2ccccc2)C(=O)NC2CCCCC2)c1. The Morgan fingerprint density at radius 2 is 1.61 bits per heavy atom. The number of amides is 2. The largest absolute Gasteiger partial charge is 0.352 e. The van der Waals surface area contributed by atoms with E-state index in [9.17, 15) is 9.59 Å². The van der Waals surface area contributed by atoms with E-state index in [4.69, 9.17) is 23.2 Å². The van der Waals surface area contributed by atoms with Crippen LogP contribution in [-0.2, 0) is 29.0 Å². The molecule has 0 aliphatic heterocycles. The predicted molar refractivity (Wildman–Crippen MR) is 156 cm³/mol. The minimum atomic E-state index is -0.704. The summed E-state index contributed by atoms with van der Waals surface area (Å²) in [6.07, 6.45) is 5.95. The zero-order valence-corrected chi connectivity index (χ0v) is 23.7. The van der Waals surface area contributed by atoms with Crippen LogP contribution in [0.25, 0.3) is 0 Å². The lowest BCUT2D eigenvalue weighted by atomic mass is 9.94. The lowest BCUT2D eigenvalue weighted by molar-refractivity contribution is -0.141. The molecule has 3 aromatic carbocycles. The molecule has 2 amide bonds. The van der Waals surface area contributed by atoms with Crippen LogP contribution in [0.1, 0.15) is 59.9 Å². The number of halogens is 2. The van der Waals surface area contributed by atoms with Crippen LogP contribution in [0, 0.1) is 13.8 Å². The van der Waals surface area contributed by atoms with Gasteiger partial charge in [0.2, 0.25) is 11.8 Å². The zero-order valence-electron chi connectivity index (χ0n) is 22.2. The van der Waals surface area contributed by atoms with Crippen LogP contribution in [0.3, 0.4) is 0 Å². The Morgan fingerprint density at radius 1 is 0.921 bits per heavy atom. The molecule has 3 aromatic rings. The summed E-state index contributed by atoms with van der Waals surface area (Å²) in [5, 5.41) is 4.23. The highest BCUT2D eigenvalue weighted by atomic mass is 35.5. The Labute approximate surface area is 236 Å². The number of rotatable bonds is 9. The first-order valence-corrected chi connectivity index (χ1v) is 14.2. The first kappa shape index (κ1) is 28.2. The molecular weight excluding hydrogens is 515 g/mol. The zero-order chi connectivity index (χ0) is 27.1. The van der Waals surface area contributed by atoms with Gasteiger partial charge in [-0.3, -0.25) is 9.59 Å². The van der Waals surface area contributed by atoms with Gasteiger partial charge < -0.3 is 10.2 Å². The third-order valence-corrected chi connectivity index (χ3v) is 8.17. The van der Waals surface area contributed by atoms with E-state index in [1.165, 1.54) is 6.42 Å². The van der Waals surface area contributed by atoms with Gasteiger partial charge in [0.1, 0.15) is 6.04 Å². The second kappa shape index (κ2) is 13.3. The van der Waals surface area contributed by atoms with Gasteiger partial charge in [-0.25, -0.2) is 0 Å². The fourth-order valence-corrected chi connectivity index (χ4v) is 5.72. The molecule has 1 aliphatic rings. The normalized spacial score (nSPS) is 14.6. The van der Waals surface area contributed by atoms with Gasteiger partial charge in [0.15, 0.2) is 0 Å². The molecule has 4 rings (SSSR count). The second-order valence-electron chi connectivity index (χ2n) is 10.4. The summed E-state index contributed by atoms with van der Waals surface area (Å²) in [6, 6.07) is 20.7. The molecule has 0 heterocycles. The minimum absolute atomic E-state index is 0.127. The van der Waals surface area contributed by atoms with Crippen LogP contribution >= 0.6 is 23.2 Å².